The van der Waals surface area contributed by atoms with Gasteiger partial charge in [-0.25, -0.2) is 0 Å². The van der Waals surface area contributed by atoms with E-state index >= 15 is 0 Å². The van der Waals surface area contributed by atoms with Gasteiger partial charge in [-0.05, 0) is 42.1 Å². The lowest BCUT2D eigenvalue weighted by atomic mass is 9.91. The second-order valence-corrected chi connectivity index (χ2v) is 6.94. The normalized spacial score (nSPS) is 23.2. The lowest BCUT2D eigenvalue weighted by Gasteiger charge is -2.36. The van der Waals surface area contributed by atoms with Gasteiger partial charge in [0.05, 0.1) is 0 Å². The molecule has 0 bridgehead atoms. The van der Waals surface area contributed by atoms with E-state index in [0.717, 1.165) is 17.3 Å². The van der Waals surface area contributed by atoms with Gasteiger partial charge in [0.1, 0.15) is 0 Å². The van der Waals surface area contributed by atoms with Gasteiger partial charge in [0, 0.05) is 22.1 Å². The summed E-state index contributed by atoms with van der Waals surface area (Å²) in [7, 11) is 0. The van der Waals surface area contributed by atoms with Gasteiger partial charge in [-0.1, -0.05) is 38.4 Å². The molecule has 0 spiro atoms. The molecule has 1 aliphatic rings. The number of benzene rings is 1. The monoisotopic (exact) mass is 283 g/mol. The minimum Gasteiger partial charge on any atom is -0.309 e. The van der Waals surface area contributed by atoms with Crippen molar-refractivity contribution in [1.82, 2.24) is 5.32 Å². The number of halogens is 1. The van der Waals surface area contributed by atoms with Gasteiger partial charge in [0.25, 0.3) is 0 Å². The van der Waals surface area contributed by atoms with Crippen LogP contribution in [-0.4, -0.2) is 11.8 Å². The maximum atomic E-state index is 6.40. The molecule has 2 unspecified atom stereocenters. The van der Waals surface area contributed by atoms with Crippen LogP contribution in [0.3, 0.4) is 0 Å². The molecular formula is C15H22ClNS. The third kappa shape index (κ3) is 2.71. The molecule has 1 aromatic rings. The summed E-state index contributed by atoms with van der Waals surface area (Å²) in [5.41, 5.74) is 4.01. The maximum absolute atomic E-state index is 6.40. The van der Waals surface area contributed by atoms with Crippen LogP contribution in [0.5, 0.6) is 0 Å². The molecule has 0 amide bonds. The minimum absolute atomic E-state index is 0.432. The Hall–Kier alpha value is -0.180. The van der Waals surface area contributed by atoms with E-state index in [9.17, 15) is 0 Å². The van der Waals surface area contributed by atoms with E-state index in [0.29, 0.717) is 17.2 Å². The summed E-state index contributed by atoms with van der Waals surface area (Å²) in [4.78, 5) is 0. The average Bonchev–Trinajstić information content (AvgIpc) is 2.29. The van der Waals surface area contributed by atoms with Gasteiger partial charge >= 0.3 is 0 Å². The lowest BCUT2D eigenvalue weighted by molar-refractivity contribution is 0.447. The first kappa shape index (κ1) is 14.2. The number of nitrogens with one attached hydrogen (secondary N) is 1. The first-order valence-corrected chi connectivity index (χ1v) is 8.11. The molecule has 2 rings (SSSR count). The van der Waals surface area contributed by atoms with Gasteiger partial charge in [-0.15, -0.1) is 0 Å². The number of hydrogen-bond donors (Lipinski definition) is 1. The van der Waals surface area contributed by atoms with Crippen molar-refractivity contribution in [3.05, 3.63) is 33.8 Å². The van der Waals surface area contributed by atoms with E-state index < -0.39 is 0 Å². The summed E-state index contributed by atoms with van der Waals surface area (Å²) in [6.07, 6.45) is 0. The van der Waals surface area contributed by atoms with Crippen LogP contribution in [0, 0.1) is 12.8 Å². The van der Waals surface area contributed by atoms with Crippen LogP contribution in [-0.2, 0) is 5.75 Å². The van der Waals surface area contributed by atoms with Crippen LogP contribution in [0.2, 0.25) is 5.02 Å². The van der Waals surface area contributed by atoms with E-state index in [-0.39, 0.29) is 0 Å². The minimum atomic E-state index is 0.432. The highest BCUT2D eigenvalue weighted by molar-refractivity contribution is 7.99. The topological polar surface area (TPSA) is 12.0 Å². The third-order valence-electron chi connectivity index (χ3n) is 3.54. The second kappa shape index (κ2) is 5.85. The molecule has 0 radical (unpaired) electrons. The van der Waals surface area contributed by atoms with Crippen molar-refractivity contribution in [2.75, 3.05) is 6.54 Å². The molecule has 1 N–H and O–H groups in total. The van der Waals surface area contributed by atoms with E-state index in [1.54, 1.807) is 0 Å². The second-order valence-electron chi connectivity index (χ2n) is 5.37. The smallest absolute Gasteiger partial charge is 0.0452 e. The highest BCUT2D eigenvalue weighted by atomic mass is 35.5. The summed E-state index contributed by atoms with van der Waals surface area (Å²) in [6.45, 7) is 9.92. The zero-order valence-corrected chi connectivity index (χ0v) is 13.2. The molecule has 18 heavy (non-hydrogen) atoms. The number of thioether (sulfide) groups is 1. The van der Waals surface area contributed by atoms with Crippen LogP contribution < -0.4 is 5.32 Å². The highest BCUT2D eigenvalue weighted by Gasteiger charge is 2.32. The summed E-state index contributed by atoms with van der Waals surface area (Å²) in [6, 6.07) is 4.82. The first-order valence-electron chi connectivity index (χ1n) is 6.68. The van der Waals surface area contributed by atoms with Gasteiger partial charge in [0.15, 0.2) is 0 Å². The molecule has 0 saturated carbocycles. The molecule has 1 aromatic carbocycles. The Morgan fingerprint density at radius 2 is 2.17 bits per heavy atom. The number of fused-ring (bicyclic) bond motifs is 1. The molecule has 100 valence electrons. The van der Waals surface area contributed by atoms with Crippen molar-refractivity contribution >= 4 is 23.4 Å². The predicted octanol–water partition coefficient (Wildman–Crippen LogP) is 4.57. The Kier molecular flexibility index (Phi) is 4.63. The van der Waals surface area contributed by atoms with Crippen LogP contribution in [0.25, 0.3) is 0 Å². The molecular weight excluding hydrogens is 262 g/mol. The quantitative estimate of drug-likeness (QED) is 0.872. The van der Waals surface area contributed by atoms with Crippen LogP contribution in [0.4, 0.5) is 0 Å². The van der Waals surface area contributed by atoms with Crippen molar-refractivity contribution in [2.45, 2.75) is 44.7 Å². The Balaban J connectivity index is 2.45. The summed E-state index contributed by atoms with van der Waals surface area (Å²) in [5, 5.41) is 5.21. The van der Waals surface area contributed by atoms with E-state index in [4.69, 9.17) is 11.6 Å². The first-order chi connectivity index (χ1) is 8.54. The number of aryl methyl sites for hydroxylation is 1. The molecule has 1 nitrogen and oxygen atoms in total. The zero-order valence-electron chi connectivity index (χ0n) is 11.6. The standard InChI is InChI=1S/C15H22ClNS/c1-5-17-14-11-6-10(4)7-13(16)12(11)8-18-15(14)9(2)3/h6-7,9,14-15,17H,5,8H2,1-4H3. The predicted molar refractivity (Wildman–Crippen MR) is 82.5 cm³/mol. The molecule has 0 aliphatic carbocycles. The summed E-state index contributed by atoms with van der Waals surface area (Å²) >= 11 is 8.43. The zero-order chi connectivity index (χ0) is 13.3. The van der Waals surface area contributed by atoms with Crippen LogP contribution >= 0.6 is 23.4 Å². The van der Waals surface area contributed by atoms with Gasteiger partial charge in [0.2, 0.25) is 0 Å². The highest BCUT2D eigenvalue weighted by Crippen LogP contribution is 2.43. The maximum Gasteiger partial charge on any atom is 0.0452 e. The van der Waals surface area contributed by atoms with E-state index in [1.807, 2.05) is 11.8 Å². The molecule has 0 fully saturated rings. The van der Waals surface area contributed by atoms with Crippen LogP contribution in [0.1, 0.15) is 43.5 Å². The van der Waals surface area contributed by atoms with Crippen molar-refractivity contribution in [2.24, 2.45) is 5.92 Å². The van der Waals surface area contributed by atoms with Crippen molar-refractivity contribution in [3.8, 4) is 0 Å². The van der Waals surface area contributed by atoms with Gasteiger partial charge < -0.3 is 5.32 Å². The van der Waals surface area contributed by atoms with Gasteiger partial charge in [-0.2, -0.15) is 11.8 Å². The van der Waals surface area contributed by atoms with Crippen molar-refractivity contribution < 1.29 is 0 Å². The fourth-order valence-electron chi connectivity index (χ4n) is 2.70. The lowest BCUT2D eigenvalue weighted by Crippen LogP contribution is -2.36. The number of rotatable bonds is 3. The third-order valence-corrected chi connectivity index (χ3v) is 5.53. The SMILES string of the molecule is CCNC1c2cc(C)cc(Cl)c2CSC1C(C)C. The summed E-state index contributed by atoms with van der Waals surface area (Å²) < 4.78 is 0. The van der Waals surface area contributed by atoms with E-state index in [1.165, 1.54) is 16.7 Å². The van der Waals surface area contributed by atoms with Crippen LogP contribution in [0.15, 0.2) is 12.1 Å². The molecule has 2 atom stereocenters. The largest absolute Gasteiger partial charge is 0.309 e. The number of hydrogen-bond acceptors (Lipinski definition) is 2. The molecule has 1 heterocycles. The molecule has 1 aliphatic heterocycles. The fourth-order valence-corrected chi connectivity index (χ4v) is 4.63. The Morgan fingerprint density at radius 1 is 1.44 bits per heavy atom. The Bertz CT molecular complexity index is 431. The van der Waals surface area contributed by atoms with Crippen molar-refractivity contribution in [1.29, 1.82) is 0 Å². The molecule has 3 heteroatoms. The van der Waals surface area contributed by atoms with Crippen molar-refractivity contribution in [3.63, 3.8) is 0 Å². The van der Waals surface area contributed by atoms with E-state index in [2.05, 4.69) is 45.1 Å². The Morgan fingerprint density at radius 3 is 2.78 bits per heavy atom. The van der Waals surface area contributed by atoms with Gasteiger partial charge in [-0.3, -0.25) is 0 Å². The molecule has 0 aromatic heterocycles. The molecule has 0 saturated heterocycles. The Labute approximate surface area is 120 Å². The average molecular weight is 284 g/mol. The summed E-state index contributed by atoms with van der Waals surface area (Å²) in [5.74, 6) is 1.71. The fraction of sp³-hybridized carbons (Fsp3) is 0.600.